The van der Waals surface area contributed by atoms with Gasteiger partial charge in [-0.2, -0.15) is 0 Å². The van der Waals surface area contributed by atoms with Gasteiger partial charge in [-0.3, -0.25) is 29.2 Å². The van der Waals surface area contributed by atoms with E-state index in [1.165, 1.54) is 5.01 Å². The Morgan fingerprint density at radius 1 is 1.11 bits per heavy atom. The molecule has 4 N–H and O–H groups in total. The van der Waals surface area contributed by atoms with Crippen molar-refractivity contribution < 1.29 is 33.8 Å². The predicted molar refractivity (Wildman–Crippen MR) is 240 cm³/mol. The molecule has 3 fully saturated rings. The lowest BCUT2D eigenvalue weighted by Crippen LogP contribution is -2.62. The van der Waals surface area contributed by atoms with Crippen molar-refractivity contribution in [1.29, 1.82) is 0 Å². The average molecular weight is 862 g/mol. The molecule has 336 valence electrons. The summed E-state index contributed by atoms with van der Waals surface area (Å²) in [6.07, 6.45) is 3.92. The van der Waals surface area contributed by atoms with Gasteiger partial charge in [-0.05, 0) is 117 Å². The zero-order chi connectivity index (χ0) is 45.0. The van der Waals surface area contributed by atoms with E-state index >= 15 is 0 Å². The summed E-state index contributed by atoms with van der Waals surface area (Å²) < 4.78 is 14.2. The van der Waals surface area contributed by atoms with Crippen LogP contribution in [-0.4, -0.2) is 107 Å². The van der Waals surface area contributed by atoms with Crippen molar-refractivity contribution in [2.45, 2.75) is 104 Å². The number of benzene rings is 2. The second-order valence-electron chi connectivity index (χ2n) is 19.3. The Hall–Kier alpha value is -5.31. The second kappa shape index (κ2) is 17.3. The fraction of sp³-hybridized carbons (Fsp3) is 0.531. The number of amides is 3. The number of cyclic esters (lactones) is 1. The minimum atomic E-state index is -1.10. The molecule has 2 unspecified atom stereocenters. The van der Waals surface area contributed by atoms with Crippen molar-refractivity contribution in [2.75, 3.05) is 40.4 Å². The molecule has 63 heavy (non-hydrogen) atoms. The number of carbonyl (C=O) groups excluding carboxylic acids is 4. The number of hydrazine groups is 1. The van der Waals surface area contributed by atoms with Crippen LogP contribution in [0.3, 0.4) is 0 Å². The molecule has 0 spiro atoms. The molecule has 4 aliphatic rings. The fourth-order valence-electron chi connectivity index (χ4n) is 10.4. The van der Waals surface area contributed by atoms with Crippen LogP contribution in [0.1, 0.15) is 83.7 Å². The lowest BCUT2D eigenvalue weighted by atomic mass is 9.84. The van der Waals surface area contributed by atoms with Gasteiger partial charge in [0.1, 0.15) is 23.9 Å². The van der Waals surface area contributed by atoms with E-state index < -0.39 is 46.7 Å². The van der Waals surface area contributed by atoms with Crippen molar-refractivity contribution in [2.24, 2.45) is 22.7 Å². The van der Waals surface area contributed by atoms with Crippen molar-refractivity contribution in [3.63, 3.8) is 0 Å². The first kappa shape index (κ1) is 44.3. The first-order chi connectivity index (χ1) is 30.0. The van der Waals surface area contributed by atoms with Crippen LogP contribution >= 0.6 is 0 Å². The maximum absolute atomic E-state index is 14.7. The molecule has 3 aliphatic heterocycles. The second-order valence-corrected chi connectivity index (χ2v) is 19.3. The highest BCUT2D eigenvalue weighted by molar-refractivity contribution is 5.96. The number of esters is 1. The lowest BCUT2D eigenvalue weighted by Gasteiger charge is -2.37. The quantitative estimate of drug-likeness (QED) is 0.157. The number of hydrogen-bond acceptors (Lipinski definition) is 10. The van der Waals surface area contributed by atoms with Crippen LogP contribution in [0, 0.1) is 22.7 Å². The number of phenolic OH excluding ortho intramolecular Hbond substituents is 1. The van der Waals surface area contributed by atoms with Crippen LogP contribution in [0.5, 0.6) is 5.75 Å². The maximum atomic E-state index is 14.7. The summed E-state index contributed by atoms with van der Waals surface area (Å²) in [6, 6.07) is 12.9. The SMILES string of the molecule is CCn1c(-c2cccnc2[C@H](C)OC)c2c3cc(ccc31)-c1cc(O)cc(c1)C[C@H](NC(=O)C(C(C)C)N(C)C(=O)[C@]13CNCC1C3)C(=O)N1CCC[C@H](N1)C(=O)OCC(C)(C)C2. The van der Waals surface area contributed by atoms with Crippen LogP contribution in [0.2, 0.25) is 0 Å². The van der Waals surface area contributed by atoms with E-state index in [0.717, 1.165) is 57.5 Å². The first-order valence-electron chi connectivity index (χ1n) is 22.5. The molecule has 3 amide bonds. The molecular weight excluding hydrogens is 799 g/mol. The van der Waals surface area contributed by atoms with E-state index in [0.29, 0.717) is 44.5 Å². The molecule has 2 saturated heterocycles. The number of methoxy groups -OCH3 is 1. The van der Waals surface area contributed by atoms with Crippen LogP contribution in [-0.2, 0) is 48.0 Å². The van der Waals surface area contributed by atoms with Crippen molar-refractivity contribution >= 4 is 34.6 Å². The number of pyridine rings is 1. The molecule has 5 heterocycles. The highest BCUT2D eigenvalue weighted by Crippen LogP contribution is 2.56. The molecule has 1 aliphatic carbocycles. The van der Waals surface area contributed by atoms with Gasteiger partial charge in [0.15, 0.2) is 0 Å². The van der Waals surface area contributed by atoms with Gasteiger partial charge in [0.25, 0.3) is 5.91 Å². The number of aryl methyl sites for hydroxylation is 1. The third-order valence-electron chi connectivity index (χ3n) is 13.8. The topological polar surface area (TPSA) is 167 Å². The molecule has 2 aromatic heterocycles. The molecule has 8 rings (SSSR count). The summed E-state index contributed by atoms with van der Waals surface area (Å²) in [5.74, 6) is -1.36. The highest BCUT2D eigenvalue weighted by Gasteiger charge is 2.64. The number of nitrogens with zero attached hydrogens (tertiary/aromatic N) is 4. The Morgan fingerprint density at radius 2 is 1.90 bits per heavy atom. The summed E-state index contributed by atoms with van der Waals surface area (Å²) in [5, 5.41) is 20.1. The standard InChI is InChI=1S/C49H63N7O7/c1-9-55-40-15-14-31-22-36(40)37(43(55)35-12-10-16-51-41(35)29(4)62-8)24-48(5,6)27-63-46(60)38-13-11-17-56(53-38)45(59)39(20-30-18-32(31)21-34(57)19-30)52-44(58)42(28(2)3)54(7)47(61)49-23-33(49)25-50-26-49/h10,12,14-16,18-19,21-22,28-29,33,38-39,42,50,53,57H,9,11,13,17,20,23-27H2,1-8H3,(H,52,58)/t29-,33?,38-,39-,42?,49+/m0/s1. The molecule has 6 bridgehead atoms. The largest absolute Gasteiger partial charge is 0.508 e. The molecule has 1 saturated carbocycles. The van der Waals surface area contributed by atoms with Gasteiger partial charge in [0, 0.05) is 68.3 Å². The summed E-state index contributed by atoms with van der Waals surface area (Å²) in [4.78, 5) is 63.3. The lowest BCUT2D eigenvalue weighted by molar-refractivity contribution is -0.155. The average Bonchev–Trinajstić information content (AvgIpc) is 3.68. The van der Waals surface area contributed by atoms with Gasteiger partial charge in [-0.25, -0.2) is 5.43 Å². The van der Waals surface area contributed by atoms with E-state index in [1.807, 2.05) is 39.0 Å². The molecule has 14 nitrogen and oxygen atoms in total. The van der Waals surface area contributed by atoms with Gasteiger partial charge in [0.05, 0.1) is 29.5 Å². The minimum absolute atomic E-state index is 0.0176. The minimum Gasteiger partial charge on any atom is -0.508 e. The Morgan fingerprint density at radius 3 is 2.60 bits per heavy atom. The normalized spacial score (nSPS) is 24.3. The van der Waals surface area contributed by atoms with E-state index in [9.17, 15) is 24.3 Å². The Bertz CT molecular complexity index is 2430. The number of carbonyl (C=O) groups is 4. The smallest absolute Gasteiger partial charge is 0.324 e. The predicted octanol–water partition coefficient (Wildman–Crippen LogP) is 5.54. The highest BCUT2D eigenvalue weighted by atomic mass is 16.5. The summed E-state index contributed by atoms with van der Waals surface area (Å²) in [6.45, 7) is 14.6. The van der Waals surface area contributed by atoms with Gasteiger partial charge < -0.3 is 34.7 Å². The summed E-state index contributed by atoms with van der Waals surface area (Å²) in [7, 11) is 3.36. The number of hydrogen-bond donors (Lipinski definition) is 4. The molecular formula is C49H63N7O7. The molecule has 0 radical (unpaired) electrons. The van der Waals surface area contributed by atoms with Crippen LogP contribution < -0.4 is 16.1 Å². The van der Waals surface area contributed by atoms with Gasteiger partial charge in [-0.1, -0.05) is 39.8 Å². The molecule has 14 heteroatoms. The summed E-state index contributed by atoms with van der Waals surface area (Å²) >= 11 is 0. The third-order valence-corrected chi connectivity index (χ3v) is 13.8. The number of fused-ring (bicyclic) bond motifs is 7. The number of phenols is 1. The zero-order valence-corrected chi connectivity index (χ0v) is 37.9. The Kier molecular flexibility index (Phi) is 12.2. The van der Waals surface area contributed by atoms with Crippen LogP contribution in [0.25, 0.3) is 33.3 Å². The van der Waals surface area contributed by atoms with Crippen molar-refractivity contribution in [3.8, 4) is 28.1 Å². The van der Waals surface area contributed by atoms with Crippen molar-refractivity contribution in [3.05, 3.63) is 71.5 Å². The number of ether oxygens (including phenoxy) is 2. The van der Waals surface area contributed by atoms with Gasteiger partial charge in [0.2, 0.25) is 11.8 Å². The van der Waals surface area contributed by atoms with Crippen LogP contribution in [0.4, 0.5) is 0 Å². The number of rotatable bonds is 9. The van der Waals surface area contributed by atoms with E-state index in [4.69, 9.17) is 14.5 Å². The van der Waals surface area contributed by atoms with Crippen LogP contribution in [0.15, 0.2) is 54.7 Å². The molecule has 6 atom stereocenters. The van der Waals surface area contributed by atoms with Crippen molar-refractivity contribution in [1.82, 2.24) is 35.5 Å². The van der Waals surface area contributed by atoms with E-state index in [-0.39, 0.29) is 42.6 Å². The monoisotopic (exact) mass is 861 g/mol. The summed E-state index contributed by atoms with van der Waals surface area (Å²) in [5.41, 5.74) is 9.27. The maximum Gasteiger partial charge on any atom is 0.324 e. The third kappa shape index (κ3) is 8.45. The Labute approximate surface area is 370 Å². The zero-order valence-electron chi connectivity index (χ0n) is 37.9. The molecule has 4 aromatic rings. The number of nitrogens with one attached hydrogen (secondary N) is 3. The fourth-order valence-corrected chi connectivity index (χ4v) is 10.4. The first-order valence-corrected chi connectivity index (χ1v) is 22.5. The van der Waals surface area contributed by atoms with E-state index in [2.05, 4.69) is 59.6 Å². The van der Waals surface area contributed by atoms with Gasteiger partial charge in [-0.15, -0.1) is 0 Å². The number of aromatic hydroxyl groups is 1. The van der Waals surface area contributed by atoms with E-state index in [1.54, 1.807) is 37.4 Å². The number of piperidine rings is 1. The number of aromatic nitrogens is 2. The van der Waals surface area contributed by atoms with Gasteiger partial charge >= 0.3 is 5.97 Å². The Balaban J connectivity index is 1.23. The number of likely N-dealkylation sites (N-methyl/N-ethyl adjacent to an activating group) is 1. The molecule has 2 aromatic carbocycles.